The van der Waals surface area contributed by atoms with Crippen LogP contribution in [0.15, 0.2) is 187 Å². The van der Waals surface area contributed by atoms with Crippen molar-refractivity contribution in [3.8, 4) is 23.0 Å². The number of carbonyl (C=O) groups is 4. The van der Waals surface area contributed by atoms with Gasteiger partial charge < -0.3 is 45.5 Å². The molecule has 0 atom stereocenters. The van der Waals surface area contributed by atoms with Gasteiger partial charge in [0.25, 0.3) is 6.47 Å². The zero-order chi connectivity index (χ0) is 57.8. The SMILES string of the molecule is C.C.CCOC(=O)CCCCBr.CCOC(=O)CCCCOc1ccc(N=Nc2ccc(N=Nc3ccc(OCCCCC(=O)OCC)cc3)cc2)cc1.O=CO[O-].Oc1ccc(N=Nc2ccc(N=Nc3ccc(O)cc3)cc2)cc1.[H-].[K+].[K+]. The molecule has 0 spiro atoms. The molecule has 0 fully saturated rings. The van der Waals surface area contributed by atoms with Crippen molar-refractivity contribution in [1.82, 2.24) is 0 Å². The van der Waals surface area contributed by atoms with E-state index in [1.165, 1.54) is 0 Å². The molecule has 6 aromatic carbocycles. The van der Waals surface area contributed by atoms with Crippen LogP contribution in [-0.2, 0) is 38.3 Å². The average molecular weight is 1270 g/mol. The Hall–Kier alpha value is -5.49. The summed E-state index contributed by atoms with van der Waals surface area (Å²) < 4.78 is 26.0. The molecule has 0 saturated heterocycles. The third kappa shape index (κ3) is 39.2. The molecule has 0 heterocycles. The van der Waals surface area contributed by atoms with Crippen molar-refractivity contribution in [3.05, 3.63) is 146 Å². The molecule has 0 aliphatic heterocycles. The van der Waals surface area contributed by atoms with Gasteiger partial charge in [-0.2, -0.15) is 40.9 Å². The van der Waals surface area contributed by atoms with Crippen molar-refractivity contribution in [2.75, 3.05) is 38.4 Å². The van der Waals surface area contributed by atoms with Gasteiger partial charge in [0, 0.05) is 24.6 Å². The van der Waals surface area contributed by atoms with Crippen molar-refractivity contribution in [3.63, 3.8) is 0 Å². The number of hydrogen-bond donors (Lipinski definition) is 2. The van der Waals surface area contributed by atoms with E-state index in [1.54, 1.807) is 86.6 Å². The first-order valence-corrected chi connectivity index (χ1v) is 26.7. The number of nitrogens with zero attached hydrogens (tertiary/aromatic N) is 8. The zero-order valence-electron chi connectivity index (χ0n) is 47.9. The van der Waals surface area contributed by atoms with Crippen LogP contribution in [-0.4, -0.2) is 73.0 Å². The summed E-state index contributed by atoms with van der Waals surface area (Å²) in [6.07, 6.45) is 6.36. The van der Waals surface area contributed by atoms with E-state index < -0.39 is 0 Å². The largest absolute Gasteiger partial charge is 1.00 e. The summed E-state index contributed by atoms with van der Waals surface area (Å²) >= 11 is 3.29. The van der Waals surface area contributed by atoms with Crippen molar-refractivity contribution in [2.24, 2.45) is 40.9 Å². The molecule has 0 aliphatic carbocycles. The van der Waals surface area contributed by atoms with E-state index in [2.05, 4.69) is 61.7 Å². The van der Waals surface area contributed by atoms with E-state index in [0.29, 0.717) is 97.8 Å². The first-order chi connectivity index (χ1) is 39.0. The quantitative estimate of drug-likeness (QED) is 0.00532. The average Bonchev–Trinajstić information content (AvgIpc) is 3.49. The fraction of sp³-hybridized carbons (Fsp3) is 0.333. The predicted octanol–water partition coefficient (Wildman–Crippen LogP) is 10.6. The van der Waals surface area contributed by atoms with Crippen LogP contribution in [0.3, 0.4) is 0 Å². The van der Waals surface area contributed by atoms with E-state index in [1.807, 2.05) is 79.7 Å². The molecule has 442 valence electrons. The molecule has 6 aromatic rings. The first-order valence-electron chi connectivity index (χ1n) is 25.6. The minimum Gasteiger partial charge on any atom is -1.00 e. The van der Waals surface area contributed by atoms with Gasteiger partial charge in [0.15, 0.2) is 0 Å². The summed E-state index contributed by atoms with van der Waals surface area (Å²) in [5.41, 5.74) is 5.49. The number of esters is 3. The molecule has 0 bridgehead atoms. The number of ether oxygens (including phenoxy) is 5. The fourth-order valence-electron chi connectivity index (χ4n) is 6.08. The minimum atomic E-state index is -0.181. The predicted molar refractivity (Wildman–Crippen MR) is 317 cm³/mol. The number of carbonyl (C=O) groups excluding carboxylic acids is 4. The van der Waals surface area contributed by atoms with Gasteiger partial charge in [0.05, 0.1) is 78.5 Å². The molecule has 0 aliphatic rings. The first kappa shape index (κ1) is 80.6. The Morgan fingerprint density at radius 3 is 0.857 bits per heavy atom. The molecule has 0 unspecified atom stereocenters. The Kier molecular flexibility index (Phi) is 49.8. The number of rotatable bonds is 28. The normalized spacial score (nSPS) is 10.2. The van der Waals surface area contributed by atoms with E-state index in [0.717, 1.165) is 55.4 Å². The number of azo groups is 4. The Labute approximate surface area is 587 Å². The molecular weight excluding hydrogens is 1200 g/mol. The van der Waals surface area contributed by atoms with Crippen molar-refractivity contribution in [1.29, 1.82) is 0 Å². The third-order valence-corrected chi connectivity index (χ3v) is 10.6. The van der Waals surface area contributed by atoms with Crippen LogP contribution in [0.4, 0.5) is 45.5 Å². The van der Waals surface area contributed by atoms with Crippen LogP contribution in [0, 0.1) is 0 Å². The Balaban J connectivity index is -0.00000132. The summed E-state index contributed by atoms with van der Waals surface area (Å²) in [6, 6.07) is 42.1. The second-order valence-electron chi connectivity index (χ2n) is 16.2. The van der Waals surface area contributed by atoms with Gasteiger partial charge in [-0.3, -0.25) is 19.2 Å². The molecule has 84 heavy (non-hydrogen) atoms. The Morgan fingerprint density at radius 1 is 0.429 bits per heavy atom. The van der Waals surface area contributed by atoms with Crippen LogP contribution in [0.1, 0.15) is 94.8 Å². The molecule has 24 heteroatoms. The van der Waals surface area contributed by atoms with Crippen molar-refractivity contribution in [2.45, 2.75) is 93.4 Å². The van der Waals surface area contributed by atoms with Gasteiger partial charge in [0.2, 0.25) is 0 Å². The number of benzene rings is 6. The molecule has 21 nitrogen and oxygen atoms in total. The molecule has 0 aromatic heterocycles. The van der Waals surface area contributed by atoms with Crippen LogP contribution < -0.4 is 118 Å². The monoisotopic (exact) mass is 1270 g/mol. The van der Waals surface area contributed by atoms with E-state index in [4.69, 9.17) is 33.7 Å². The molecular formula is C60H75BrK2N8O13. The van der Waals surface area contributed by atoms with Gasteiger partial charge in [-0.15, -0.1) is 0 Å². The van der Waals surface area contributed by atoms with Crippen molar-refractivity contribution < 1.29 is 167 Å². The number of unbranched alkanes of at least 4 members (excludes halogenated alkanes) is 3. The van der Waals surface area contributed by atoms with Gasteiger partial charge in [-0.05, 0) is 205 Å². The number of alkyl halides is 1. The Bertz CT molecular complexity index is 2630. The maximum absolute atomic E-state index is 11.3. The summed E-state index contributed by atoms with van der Waals surface area (Å²) in [6.45, 7) is 7.62. The van der Waals surface area contributed by atoms with Crippen LogP contribution in [0.5, 0.6) is 23.0 Å². The topological polar surface area (TPSA) is 286 Å². The molecule has 0 amide bonds. The summed E-state index contributed by atoms with van der Waals surface area (Å²) in [7, 11) is 0. The van der Waals surface area contributed by atoms with Crippen LogP contribution in [0.25, 0.3) is 0 Å². The minimum absolute atomic E-state index is 0. The Morgan fingerprint density at radius 2 is 0.643 bits per heavy atom. The van der Waals surface area contributed by atoms with Gasteiger partial charge in [-0.1, -0.05) is 30.8 Å². The maximum Gasteiger partial charge on any atom is 1.00 e. The molecule has 0 radical (unpaired) electrons. The summed E-state index contributed by atoms with van der Waals surface area (Å²) in [4.78, 5) is 44.6. The number of aromatic hydroxyl groups is 2. The second-order valence-corrected chi connectivity index (χ2v) is 17.0. The number of halogens is 1. The maximum atomic E-state index is 11.3. The van der Waals surface area contributed by atoms with Crippen LogP contribution in [0.2, 0.25) is 0 Å². The smallest absolute Gasteiger partial charge is 1.00 e. The van der Waals surface area contributed by atoms with Gasteiger partial charge >= 0.3 is 121 Å². The fourth-order valence-corrected chi connectivity index (χ4v) is 6.47. The number of hydrogen-bond acceptors (Lipinski definition) is 21. The number of phenolic OH excluding ortho intramolecular Hbond substituents is 2. The third-order valence-electron chi connectivity index (χ3n) is 10.0. The molecule has 6 rings (SSSR count). The van der Waals surface area contributed by atoms with Gasteiger partial charge in [0.1, 0.15) is 23.0 Å². The van der Waals surface area contributed by atoms with Crippen LogP contribution >= 0.6 is 15.9 Å². The van der Waals surface area contributed by atoms with E-state index >= 15 is 0 Å². The summed E-state index contributed by atoms with van der Waals surface area (Å²) in [5, 5.41) is 61.3. The van der Waals surface area contributed by atoms with Gasteiger partial charge in [-0.25, -0.2) is 0 Å². The molecule has 2 N–H and O–H groups in total. The second kappa shape index (κ2) is 51.9. The molecule has 0 saturated carbocycles. The van der Waals surface area contributed by atoms with Crippen molar-refractivity contribution >= 4 is 85.8 Å². The van der Waals surface area contributed by atoms with E-state index in [-0.39, 0.29) is 155 Å². The summed E-state index contributed by atoms with van der Waals surface area (Å²) in [5.74, 6) is 1.45. The number of phenols is 2. The standard InChI is InChI=1S/C32H38N4O6.C18H14N4O2.C7H13BrO2.CH2O3.2CH4.2K.H/c1-3-39-31(37)9-5-7-23-41-29-19-15-27(16-20-29)35-33-25-11-13-26(14-12-25)34-36-28-17-21-30(22-18-28)42-24-8-6-10-32(38)40-4-2;23-17-9-5-15(6-10-17)21-19-13-1-2-14(4-3-13)20-22-16-7-11-18(24)12-8-16;1-2-10-7(9)5-3-4-6-8;2-1-4-3;;;;;/h11-22H,3-10,23-24H2,1-2H3;1-12,23-24H;2-6H2,1H3;1,3H;2*1H4;;;/q;;;;;;2*+1;-1/p-1. The van der Waals surface area contributed by atoms with E-state index in [9.17, 15) is 24.6 Å². The zero-order valence-corrected chi connectivity index (χ0v) is 54.7.